The highest BCUT2D eigenvalue weighted by Crippen LogP contribution is 2.30. The molecule has 0 radical (unpaired) electrons. The third-order valence-corrected chi connectivity index (χ3v) is 3.50. The summed E-state index contributed by atoms with van der Waals surface area (Å²) in [7, 11) is 0. The average Bonchev–Trinajstić information content (AvgIpc) is 2.08. The van der Waals surface area contributed by atoms with Gasteiger partial charge in [0.25, 0.3) is 0 Å². The van der Waals surface area contributed by atoms with Crippen LogP contribution < -0.4 is 5.73 Å². The summed E-state index contributed by atoms with van der Waals surface area (Å²) in [5, 5.41) is 9.31. The normalized spacial score (nSPS) is 31.2. The zero-order valence-electron chi connectivity index (χ0n) is 10.7. The highest BCUT2D eigenvalue weighted by atomic mass is 16.4. The van der Waals surface area contributed by atoms with Crippen LogP contribution in [0.2, 0.25) is 0 Å². The van der Waals surface area contributed by atoms with Crippen molar-refractivity contribution in [3.8, 4) is 0 Å². The Hall–Kier alpha value is -0.770. The van der Waals surface area contributed by atoms with E-state index >= 15 is 0 Å². The number of nitrogens with two attached hydrogens (primary N) is 1. The minimum Gasteiger partial charge on any atom is -0.465 e. The molecule has 1 rings (SSSR count). The summed E-state index contributed by atoms with van der Waals surface area (Å²) < 4.78 is 0. The molecule has 1 aliphatic rings. The Balaban J connectivity index is 2.78. The summed E-state index contributed by atoms with van der Waals surface area (Å²) in [5.74, 6) is 0.406. The Morgan fingerprint density at radius 2 is 1.94 bits per heavy atom. The van der Waals surface area contributed by atoms with Crippen LogP contribution in [0.1, 0.15) is 47.0 Å². The second-order valence-corrected chi connectivity index (χ2v) is 5.93. The van der Waals surface area contributed by atoms with Crippen LogP contribution in [0.5, 0.6) is 0 Å². The van der Waals surface area contributed by atoms with Gasteiger partial charge in [-0.2, -0.15) is 0 Å². The number of carbonyl (C=O) groups is 1. The second kappa shape index (κ2) is 4.62. The lowest BCUT2D eigenvalue weighted by atomic mass is 9.81. The van der Waals surface area contributed by atoms with Gasteiger partial charge in [0.1, 0.15) is 0 Å². The van der Waals surface area contributed by atoms with Crippen molar-refractivity contribution in [1.82, 2.24) is 4.90 Å². The average molecular weight is 228 g/mol. The predicted molar refractivity (Wildman–Crippen MR) is 64.4 cm³/mol. The molecule has 4 nitrogen and oxygen atoms in total. The third kappa shape index (κ3) is 2.88. The van der Waals surface area contributed by atoms with E-state index < -0.39 is 6.09 Å². The van der Waals surface area contributed by atoms with Gasteiger partial charge in [0, 0.05) is 17.6 Å². The van der Waals surface area contributed by atoms with Crippen LogP contribution >= 0.6 is 0 Å². The minimum absolute atomic E-state index is 0.118. The molecule has 3 N–H and O–H groups in total. The summed E-state index contributed by atoms with van der Waals surface area (Å²) in [6, 6.07) is 0.346. The number of amides is 1. The van der Waals surface area contributed by atoms with E-state index in [4.69, 9.17) is 5.73 Å². The molecule has 0 heterocycles. The maximum Gasteiger partial charge on any atom is 0.407 e. The van der Waals surface area contributed by atoms with Gasteiger partial charge in [-0.05, 0) is 46.0 Å². The number of hydrogen-bond donors (Lipinski definition) is 2. The van der Waals surface area contributed by atoms with Crippen LogP contribution in [0.4, 0.5) is 4.79 Å². The molecule has 3 atom stereocenters. The molecule has 0 bridgehead atoms. The lowest BCUT2D eigenvalue weighted by Crippen LogP contribution is -2.54. The van der Waals surface area contributed by atoms with E-state index in [1.165, 1.54) is 0 Å². The molecule has 1 aliphatic carbocycles. The zero-order valence-corrected chi connectivity index (χ0v) is 10.7. The van der Waals surface area contributed by atoms with Gasteiger partial charge in [0.2, 0.25) is 0 Å². The molecule has 0 aromatic carbocycles. The maximum absolute atomic E-state index is 11.3. The fraction of sp³-hybridized carbons (Fsp3) is 0.917. The zero-order chi connectivity index (χ0) is 12.5. The van der Waals surface area contributed by atoms with Crippen LogP contribution in [0.25, 0.3) is 0 Å². The van der Waals surface area contributed by atoms with E-state index in [1.54, 1.807) is 4.90 Å². The van der Waals surface area contributed by atoms with Crippen molar-refractivity contribution >= 4 is 6.09 Å². The highest BCUT2D eigenvalue weighted by molar-refractivity contribution is 5.66. The maximum atomic E-state index is 11.3. The lowest BCUT2D eigenvalue weighted by Gasteiger charge is -2.44. The van der Waals surface area contributed by atoms with E-state index in [1.807, 2.05) is 20.8 Å². The van der Waals surface area contributed by atoms with E-state index in [-0.39, 0.29) is 17.6 Å². The van der Waals surface area contributed by atoms with E-state index in [2.05, 4.69) is 6.92 Å². The Kier molecular flexibility index (Phi) is 3.84. The molecular weight excluding hydrogens is 204 g/mol. The largest absolute Gasteiger partial charge is 0.465 e. The van der Waals surface area contributed by atoms with Gasteiger partial charge in [-0.15, -0.1) is 0 Å². The Bertz CT molecular complexity index is 260. The molecule has 0 aliphatic heterocycles. The molecule has 1 fully saturated rings. The molecule has 0 unspecified atom stereocenters. The molecule has 0 aromatic rings. The van der Waals surface area contributed by atoms with Crippen molar-refractivity contribution in [2.24, 2.45) is 11.7 Å². The predicted octanol–water partition coefficient (Wildman–Crippen LogP) is 2.28. The van der Waals surface area contributed by atoms with Crippen LogP contribution in [-0.2, 0) is 0 Å². The Morgan fingerprint density at radius 3 is 2.31 bits per heavy atom. The van der Waals surface area contributed by atoms with Crippen LogP contribution in [0, 0.1) is 5.92 Å². The summed E-state index contributed by atoms with van der Waals surface area (Å²) >= 11 is 0. The number of nitrogens with zero attached hydrogens (tertiary/aromatic N) is 1. The van der Waals surface area contributed by atoms with Crippen LogP contribution in [-0.4, -0.2) is 33.7 Å². The van der Waals surface area contributed by atoms with Crippen LogP contribution in [0.3, 0.4) is 0 Å². The molecule has 16 heavy (non-hydrogen) atoms. The number of hydrogen-bond acceptors (Lipinski definition) is 2. The van der Waals surface area contributed by atoms with E-state index in [0.29, 0.717) is 5.92 Å². The van der Waals surface area contributed by atoms with Crippen molar-refractivity contribution in [2.75, 3.05) is 0 Å². The van der Waals surface area contributed by atoms with Crippen molar-refractivity contribution in [3.63, 3.8) is 0 Å². The standard InChI is InChI=1S/C12H24N2O2/c1-8-7-9(5-6-10(8)13)14(11(15)16)12(2,3)4/h8-10H,5-7,13H2,1-4H3,(H,15,16)/t8-,9-,10-/m1/s1. The minimum atomic E-state index is -0.819. The van der Waals surface area contributed by atoms with Gasteiger partial charge in [0.15, 0.2) is 0 Å². The van der Waals surface area contributed by atoms with Gasteiger partial charge in [-0.3, -0.25) is 0 Å². The summed E-state index contributed by atoms with van der Waals surface area (Å²) in [4.78, 5) is 12.9. The lowest BCUT2D eigenvalue weighted by molar-refractivity contribution is 0.0457. The molecule has 0 spiro atoms. The van der Waals surface area contributed by atoms with Crippen molar-refractivity contribution in [3.05, 3.63) is 0 Å². The Labute approximate surface area is 97.8 Å². The summed E-state index contributed by atoms with van der Waals surface area (Å²) in [6.07, 6.45) is 1.87. The molecule has 1 amide bonds. The highest BCUT2D eigenvalue weighted by Gasteiger charge is 2.37. The Morgan fingerprint density at radius 1 is 1.38 bits per heavy atom. The van der Waals surface area contributed by atoms with Gasteiger partial charge < -0.3 is 15.7 Å². The molecular formula is C12H24N2O2. The smallest absolute Gasteiger partial charge is 0.407 e. The second-order valence-electron chi connectivity index (χ2n) is 5.93. The first kappa shape index (κ1) is 13.3. The van der Waals surface area contributed by atoms with Crippen molar-refractivity contribution in [1.29, 1.82) is 0 Å². The van der Waals surface area contributed by atoms with Gasteiger partial charge in [-0.1, -0.05) is 6.92 Å². The number of rotatable bonds is 1. The van der Waals surface area contributed by atoms with E-state index in [0.717, 1.165) is 19.3 Å². The van der Waals surface area contributed by atoms with Gasteiger partial charge >= 0.3 is 6.09 Å². The molecule has 0 aromatic heterocycles. The quantitative estimate of drug-likeness (QED) is 0.723. The first-order valence-electron chi connectivity index (χ1n) is 6.01. The number of carboxylic acid groups (broad SMARTS) is 1. The SMILES string of the molecule is C[C@@H]1C[C@H](N(C(=O)O)C(C)(C)C)CC[C@H]1N. The van der Waals surface area contributed by atoms with Crippen molar-refractivity contribution < 1.29 is 9.90 Å². The topological polar surface area (TPSA) is 66.6 Å². The van der Waals surface area contributed by atoms with Gasteiger partial charge in [0.05, 0.1) is 0 Å². The first-order chi connectivity index (χ1) is 7.23. The molecule has 1 saturated carbocycles. The van der Waals surface area contributed by atoms with Crippen molar-refractivity contribution in [2.45, 2.75) is 64.6 Å². The first-order valence-corrected chi connectivity index (χ1v) is 6.01. The van der Waals surface area contributed by atoms with E-state index in [9.17, 15) is 9.90 Å². The monoisotopic (exact) mass is 228 g/mol. The molecule has 0 saturated heterocycles. The fourth-order valence-corrected chi connectivity index (χ4v) is 2.62. The van der Waals surface area contributed by atoms with Gasteiger partial charge in [-0.25, -0.2) is 4.79 Å². The van der Waals surface area contributed by atoms with Crippen LogP contribution in [0.15, 0.2) is 0 Å². The summed E-state index contributed by atoms with van der Waals surface area (Å²) in [5.41, 5.74) is 5.62. The fourth-order valence-electron chi connectivity index (χ4n) is 2.62. The third-order valence-electron chi connectivity index (χ3n) is 3.50. The molecule has 94 valence electrons. The summed E-state index contributed by atoms with van der Waals surface area (Å²) in [6.45, 7) is 7.94. The molecule has 4 heteroatoms.